The van der Waals surface area contributed by atoms with Crippen LogP contribution in [-0.4, -0.2) is 40.7 Å². The van der Waals surface area contributed by atoms with E-state index in [1.165, 1.54) is 50.6 Å². The molecule has 2 heterocycles. The number of aromatic nitrogens is 2. The lowest BCUT2D eigenvalue weighted by Gasteiger charge is -2.30. The van der Waals surface area contributed by atoms with Crippen molar-refractivity contribution in [1.29, 1.82) is 0 Å². The number of rotatable bonds is 12. The van der Waals surface area contributed by atoms with Crippen molar-refractivity contribution in [3.05, 3.63) is 70.8 Å². The molecule has 0 unspecified atom stereocenters. The SMILES string of the molecule is Cn1c(=O)c(OCCCCCN(CCc2cccnc2)CC2CCCCC2)cc2ccccc21. The van der Waals surface area contributed by atoms with Gasteiger partial charge in [-0.2, -0.15) is 0 Å². The molecule has 0 spiro atoms. The molecule has 182 valence electrons. The fraction of sp³-hybridized carbons (Fsp3) is 0.517. The van der Waals surface area contributed by atoms with Gasteiger partial charge in [0.05, 0.1) is 12.1 Å². The van der Waals surface area contributed by atoms with Gasteiger partial charge >= 0.3 is 0 Å². The van der Waals surface area contributed by atoms with E-state index in [4.69, 9.17) is 4.74 Å². The largest absolute Gasteiger partial charge is 0.488 e. The lowest BCUT2D eigenvalue weighted by atomic mass is 9.89. The van der Waals surface area contributed by atoms with Crippen molar-refractivity contribution in [1.82, 2.24) is 14.5 Å². The van der Waals surface area contributed by atoms with Crippen LogP contribution in [0.4, 0.5) is 0 Å². The van der Waals surface area contributed by atoms with Gasteiger partial charge in [-0.15, -0.1) is 0 Å². The van der Waals surface area contributed by atoms with Crippen molar-refractivity contribution in [2.45, 2.75) is 57.8 Å². The Morgan fingerprint density at radius 3 is 2.71 bits per heavy atom. The first-order valence-corrected chi connectivity index (χ1v) is 13.0. The minimum Gasteiger partial charge on any atom is -0.488 e. The highest BCUT2D eigenvalue weighted by atomic mass is 16.5. The van der Waals surface area contributed by atoms with Crippen LogP contribution in [0.15, 0.2) is 59.7 Å². The van der Waals surface area contributed by atoms with Gasteiger partial charge in [0.15, 0.2) is 5.75 Å². The van der Waals surface area contributed by atoms with Crippen molar-refractivity contribution >= 4 is 10.9 Å². The van der Waals surface area contributed by atoms with Crippen LogP contribution >= 0.6 is 0 Å². The van der Waals surface area contributed by atoms with Gasteiger partial charge in [0, 0.05) is 37.9 Å². The van der Waals surface area contributed by atoms with E-state index in [0.717, 1.165) is 49.2 Å². The number of pyridine rings is 2. The summed E-state index contributed by atoms with van der Waals surface area (Å²) in [5, 5.41) is 1.03. The third-order valence-corrected chi connectivity index (χ3v) is 7.16. The molecular formula is C29H39N3O2. The Bertz CT molecular complexity index is 1070. The van der Waals surface area contributed by atoms with E-state index in [0.29, 0.717) is 12.4 Å². The van der Waals surface area contributed by atoms with Gasteiger partial charge in [0.25, 0.3) is 5.56 Å². The molecule has 1 saturated carbocycles. The Kier molecular flexibility index (Phi) is 9.14. The molecule has 1 aliphatic carbocycles. The average molecular weight is 462 g/mol. The van der Waals surface area contributed by atoms with E-state index in [-0.39, 0.29) is 5.56 Å². The first-order chi connectivity index (χ1) is 16.7. The predicted molar refractivity (Wildman–Crippen MR) is 139 cm³/mol. The van der Waals surface area contributed by atoms with Crippen LogP contribution in [0.1, 0.15) is 56.9 Å². The summed E-state index contributed by atoms with van der Waals surface area (Å²) in [6, 6.07) is 14.0. The topological polar surface area (TPSA) is 47.4 Å². The normalized spacial score (nSPS) is 14.6. The molecule has 3 aromatic rings. The van der Waals surface area contributed by atoms with Crippen molar-refractivity contribution in [3.8, 4) is 5.75 Å². The molecule has 1 aromatic carbocycles. The van der Waals surface area contributed by atoms with Gasteiger partial charge in [-0.25, -0.2) is 0 Å². The first kappa shape index (κ1) is 24.5. The lowest BCUT2D eigenvalue weighted by Crippen LogP contribution is -2.33. The zero-order chi connectivity index (χ0) is 23.6. The fourth-order valence-corrected chi connectivity index (χ4v) is 5.15. The van der Waals surface area contributed by atoms with Crippen molar-refractivity contribution in [3.63, 3.8) is 0 Å². The van der Waals surface area contributed by atoms with Crippen LogP contribution in [0.5, 0.6) is 5.75 Å². The van der Waals surface area contributed by atoms with E-state index in [9.17, 15) is 4.79 Å². The Balaban J connectivity index is 1.23. The van der Waals surface area contributed by atoms with Crippen molar-refractivity contribution < 1.29 is 4.74 Å². The van der Waals surface area contributed by atoms with Crippen LogP contribution in [0.25, 0.3) is 10.9 Å². The monoisotopic (exact) mass is 461 g/mol. The average Bonchev–Trinajstić information content (AvgIpc) is 2.88. The molecule has 0 radical (unpaired) electrons. The number of aryl methyl sites for hydroxylation is 1. The summed E-state index contributed by atoms with van der Waals surface area (Å²) in [7, 11) is 1.81. The highest BCUT2D eigenvalue weighted by Gasteiger charge is 2.17. The molecule has 0 bridgehead atoms. The smallest absolute Gasteiger partial charge is 0.293 e. The molecule has 5 nitrogen and oxygen atoms in total. The van der Waals surface area contributed by atoms with E-state index >= 15 is 0 Å². The molecule has 0 saturated heterocycles. The van der Waals surface area contributed by atoms with Gasteiger partial charge in [0.1, 0.15) is 0 Å². The Labute approximate surface area is 203 Å². The number of hydrogen-bond donors (Lipinski definition) is 0. The molecule has 1 aliphatic rings. The molecule has 0 atom stereocenters. The number of fused-ring (bicyclic) bond motifs is 1. The molecule has 0 N–H and O–H groups in total. The zero-order valence-electron chi connectivity index (χ0n) is 20.6. The summed E-state index contributed by atoms with van der Waals surface area (Å²) in [6.07, 6.45) is 15.1. The van der Waals surface area contributed by atoms with E-state index in [2.05, 4.69) is 16.0 Å². The minimum absolute atomic E-state index is 0.0623. The quantitative estimate of drug-likeness (QED) is 0.329. The fourth-order valence-electron chi connectivity index (χ4n) is 5.15. The number of para-hydroxylation sites is 1. The molecule has 34 heavy (non-hydrogen) atoms. The van der Waals surface area contributed by atoms with Gasteiger partial charge in [0.2, 0.25) is 0 Å². The molecule has 4 rings (SSSR count). The van der Waals surface area contributed by atoms with Crippen LogP contribution < -0.4 is 10.3 Å². The minimum atomic E-state index is -0.0623. The molecule has 2 aromatic heterocycles. The maximum atomic E-state index is 12.6. The lowest BCUT2D eigenvalue weighted by molar-refractivity contribution is 0.197. The van der Waals surface area contributed by atoms with E-state index in [1.807, 2.05) is 55.8 Å². The second-order valence-corrected chi connectivity index (χ2v) is 9.76. The predicted octanol–water partition coefficient (Wildman–Crippen LogP) is 5.61. The van der Waals surface area contributed by atoms with Crippen LogP contribution in [-0.2, 0) is 13.5 Å². The highest BCUT2D eigenvalue weighted by Crippen LogP contribution is 2.24. The number of hydrogen-bond acceptors (Lipinski definition) is 4. The summed E-state index contributed by atoms with van der Waals surface area (Å²) in [5.74, 6) is 1.31. The standard InChI is InChI=1S/C29H39N3O2/c1-31-27-15-7-6-14-26(27)21-28(29(31)33)34-20-9-3-8-18-32(23-25-11-4-2-5-12-25)19-16-24-13-10-17-30-22-24/h6-7,10,13-15,17,21-22,25H,2-5,8-9,11-12,16,18-20,23H2,1H3. The summed E-state index contributed by atoms with van der Waals surface area (Å²) in [5.41, 5.74) is 2.19. The number of ether oxygens (including phenoxy) is 1. The third kappa shape index (κ3) is 6.92. The van der Waals surface area contributed by atoms with Gasteiger partial charge in [-0.05, 0) is 74.8 Å². The summed E-state index contributed by atoms with van der Waals surface area (Å²) >= 11 is 0. The van der Waals surface area contributed by atoms with Gasteiger partial charge in [-0.1, -0.05) is 43.5 Å². The van der Waals surface area contributed by atoms with Crippen molar-refractivity contribution in [2.75, 3.05) is 26.2 Å². The Morgan fingerprint density at radius 1 is 1.03 bits per heavy atom. The number of unbranched alkanes of at least 4 members (excludes halogenated alkanes) is 2. The number of nitrogens with zero attached hydrogens (tertiary/aromatic N) is 3. The van der Waals surface area contributed by atoms with E-state index in [1.54, 1.807) is 4.57 Å². The Hall–Kier alpha value is -2.66. The maximum absolute atomic E-state index is 12.6. The number of benzene rings is 1. The van der Waals surface area contributed by atoms with Crippen LogP contribution in [0.3, 0.4) is 0 Å². The van der Waals surface area contributed by atoms with Crippen molar-refractivity contribution in [2.24, 2.45) is 13.0 Å². The Morgan fingerprint density at radius 2 is 1.88 bits per heavy atom. The second kappa shape index (κ2) is 12.7. The molecular weight excluding hydrogens is 422 g/mol. The van der Waals surface area contributed by atoms with Gasteiger partial charge in [-0.3, -0.25) is 9.78 Å². The summed E-state index contributed by atoms with van der Waals surface area (Å²) in [4.78, 5) is 19.5. The highest BCUT2D eigenvalue weighted by molar-refractivity contribution is 5.80. The van der Waals surface area contributed by atoms with Gasteiger partial charge < -0.3 is 14.2 Å². The summed E-state index contributed by atoms with van der Waals surface area (Å²) in [6.45, 7) is 4.05. The maximum Gasteiger partial charge on any atom is 0.293 e. The third-order valence-electron chi connectivity index (χ3n) is 7.16. The molecule has 0 amide bonds. The van der Waals surface area contributed by atoms with Crippen LogP contribution in [0, 0.1) is 5.92 Å². The first-order valence-electron chi connectivity index (χ1n) is 13.0. The zero-order valence-corrected chi connectivity index (χ0v) is 20.6. The van der Waals surface area contributed by atoms with Crippen LogP contribution in [0.2, 0.25) is 0 Å². The second-order valence-electron chi connectivity index (χ2n) is 9.76. The molecule has 5 heteroatoms. The molecule has 1 fully saturated rings. The summed E-state index contributed by atoms with van der Waals surface area (Å²) < 4.78 is 7.58. The van der Waals surface area contributed by atoms with E-state index < -0.39 is 0 Å². The molecule has 0 aliphatic heterocycles.